The Balaban J connectivity index is 1.43. The first-order valence-electron chi connectivity index (χ1n) is 8.80. The number of carbonyl (C=O) groups excluding carboxylic acids is 1. The van der Waals surface area contributed by atoms with Crippen LogP contribution >= 0.6 is 0 Å². The quantitative estimate of drug-likeness (QED) is 0.684. The van der Waals surface area contributed by atoms with Crippen LogP contribution in [0.25, 0.3) is 15.9 Å². The molecule has 3 heterocycles. The van der Waals surface area contributed by atoms with Crippen molar-refractivity contribution in [2.45, 2.75) is 12.5 Å². The average Bonchev–Trinajstić information content (AvgIpc) is 3.37. The molecule has 2 amide bonds. The highest BCUT2D eigenvalue weighted by molar-refractivity contribution is 5.90. The number of hydrogen-bond acceptors (Lipinski definition) is 4. The van der Waals surface area contributed by atoms with E-state index in [0.29, 0.717) is 12.2 Å². The van der Waals surface area contributed by atoms with Crippen molar-refractivity contribution in [2.24, 2.45) is 0 Å². The Labute approximate surface area is 160 Å². The third-order valence-corrected chi connectivity index (χ3v) is 4.98. The first kappa shape index (κ1) is 17.7. The third-order valence-electron chi connectivity index (χ3n) is 4.98. The summed E-state index contributed by atoms with van der Waals surface area (Å²) in [5, 5.41) is 3.64. The van der Waals surface area contributed by atoms with Gasteiger partial charge in [0.25, 0.3) is 0 Å². The molecule has 0 bridgehead atoms. The number of urea groups is 1. The van der Waals surface area contributed by atoms with Crippen molar-refractivity contribution in [1.82, 2.24) is 19.9 Å². The minimum absolute atomic E-state index is 0.00341. The molecule has 0 unspecified atom stereocenters. The number of amides is 2. The predicted octanol–water partition coefficient (Wildman–Crippen LogP) is 3.39. The predicted molar refractivity (Wildman–Crippen MR) is 104 cm³/mol. The van der Waals surface area contributed by atoms with Crippen LogP contribution in [-0.2, 0) is 0 Å². The number of nitrogens with one attached hydrogen (secondary N) is 2. The molecule has 0 spiro atoms. The lowest BCUT2D eigenvalue weighted by Crippen LogP contribution is -2.41. The number of hydrogen-bond donors (Lipinski definition) is 2. The zero-order valence-electron chi connectivity index (χ0n) is 15.2. The van der Waals surface area contributed by atoms with Crippen LogP contribution in [0.3, 0.4) is 0 Å². The van der Waals surface area contributed by atoms with Gasteiger partial charge in [-0.2, -0.15) is 0 Å². The Bertz CT molecular complexity index is 1070. The van der Waals surface area contributed by atoms with Crippen molar-refractivity contribution >= 4 is 34.3 Å². The number of benzene rings is 1. The summed E-state index contributed by atoms with van der Waals surface area (Å²) in [6.07, 6.45) is 4.15. The van der Waals surface area contributed by atoms with E-state index in [1.54, 1.807) is 11.9 Å². The second-order valence-electron chi connectivity index (χ2n) is 6.64. The summed E-state index contributed by atoms with van der Waals surface area (Å²) in [4.78, 5) is 31.1. The summed E-state index contributed by atoms with van der Waals surface area (Å²) in [5.74, 6) is 0.195. The molecule has 4 rings (SSSR count). The highest BCUT2D eigenvalue weighted by atomic mass is 19.1. The number of rotatable bonds is 3. The number of carbonyl (C=O) groups is 1. The molecule has 28 heavy (non-hydrogen) atoms. The Morgan fingerprint density at radius 2 is 2.29 bits per heavy atom. The molecule has 8 nitrogen and oxygen atoms in total. The largest absolute Gasteiger partial charge is 0.354 e. The topological polar surface area (TPSA) is 81.5 Å². The maximum atomic E-state index is 13.7. The number of H-pyrrole nitrogens is 1. The SMILES string of the molecule is [C-]#[N+]c1ccc(NC(=O)N(C)[C@@H]2CCN(c3ncnc4[nH]ccc34)C2)cc1F. The minimum atomic E-state index is -0.651. The van der Waals surface area contributed by atoms with Gasteiger partial charge in [-0.05, 0) is 24.6 Å². The van der Waals surface area contributed by atoms with Gasteiger partial charge in [0.1, 0.15) is 23.6 Å². The standard InChI is InChI=1S/C19H18FN7O/c1-21-16-4-3-12(9-15(16)20)25-19(28)26(2)13-6-8-27(10-13)18-14-5-7-22-17(14)23-11-24-18/h3-5,7,9,11,13H,6,8,10H2,2H3,(H,25,28)(H,22,23,24)/t13-/m1/s1. The van der Waals surface area contributed by atoms with Gasteiger partial charge in [0.05, 0.1) is 18.0 Å². The number of fused-ring (bicyclic) bond motifs is 1. The molecule has 0 aliphatic carbocycles. The molecule has 1 aliphatic rings. The highest BCUT2D eigenvalue weighted by Gasteiger charge is 2.30. The first-order chi connectivity index (χ1) is 13.6. The van der Waals surface area contributed by atoms with Crippen LogP contribution in [0.4, 0.5) is 26.4 Å². The van der Waals surface area contributed by atoms with E-state index in [0.717, 1.165) is 35.9 Å². The van der Waals surface area contributed by atoms with Gasteiger partial charge in [0.2, 0.25) is 5.69 Å². The highest BCUT2D eigenvalue weighted by Crippen LogP contribution is 2.27. The molecule has 1 atom stereocenters. The van der Waals surface area contributed by atoms with E-state index in [1.807, 2.05) is 12.3 Å². The summed E-state index contributed by atoms with van der Waals surface area (Å²) in [6, 6.07) is 5.64. The molecule has 2 N–H and O–H groups in total. The zero-order valence-corrected chi connectivity index (χ0v) is 15.2. The van der Waals surface area contributed by atoms with Gasteiger partial charge < -0.3 is 20.1 Å². The minimum Gasteiger partial charge on any atom is -0.354 e. The van der Waals surface area contributed by atoms with Gasteiger partial charge in [-0.3, -0.25) is 0 Å². The Morgan fingerprint density at radius 3 is 3.07 bits per heavy atom. The van der Waals surface area contributed by atoms with E-state index >= 15 is 0 Å². The number of anilines is 2. The summed E-state index contributed by atoms with van der Waals surface area (Å²) < 4.78 is 13.7. The smallest absolute Gasteiger partial charge is 0.321 e. The Morgan fingerprint density at radius 1 is 1.43 bits per heavy atom. The third kappa shape index (κ3) is 3.20. The van der Waals surface area contributed by atoms with Crippen molar-refractivity contribution < 1.29 is 9.18 Å². The van der Waals surface area contributed by atoms with Crippen LogP contribution in [-0.4, -0.2) is 52.1 Å². The second kappa shape index (κ2) is 7.15. The summed E-state index contributed by atoms with van der Waals surface area (Å²) in [7, 11) is 1.72. The van der Waals surface area contributed by atoms with Crippen molar-refractivity contribution in [3.8, 4) is 0 Å². The molecule has 2 aromatic heterocycles. The van der Waals surface area contributed by atoms with Gasteiger partial charge >= 0.3 is 6.03 Å². The van der Waals surface area contributed by atoms with Crippen molar-refractivity contribution in [3.05, 3.63) is 54.0 Å². The number of aromatic amines is 1. The molecule has 0 saturated carbocycles. The molecule has 1 aromatic carbocycles. The fourth-order valence-electron chi connectivity index (χ4n) is 3.41. The lowest BCUT2D eigenvalue weighted by Gasteiger charge is -2.25. The van der Waals surface area contributed by atoms with Crippen molar-refractivity contribution in [1.29, 1.82) is 0 Å². The fraction of sp³-hybridized carbons (Fsp3) is 0.263. The lowest BCUT2D eigenvalue weighted by atomic mass is 10.2. The maximum absolute atomic E-state index is 13.7. The van der Waals surface area contributed by atoms with Gasteiger partial charge in [-0.15, -0.1) is 0 Å². The number of nitrogens with zero attached hydrogens (tertiary/aromatic N) is 5. The molecule has 3 aromatic rings. The monoisotopic (exact) mass is 379 g/mol. The first-order valence-corrected chi connectivity index (χ1v) is 8.80. The molecule has 1 saturated heterocycles. The number of likely N-dealkylation sites (N-methyl/N-ethyl adjacent to an activating group) is 1. The van der Waals surface area contributed by atoms with E-state index < -0.39 is 5.82 Å². The van der Waals surface area contributed by atoms with Crippen LogP contribution in [0.1, 0.15) is 6.42 Å². The maximum Gasteiger partial charge on any atom is 0.321 e. The van der Waals surface area contributed by atoms with Crippen LogP contribution in [0, 0.1) is 12.4 Å². The summed E-state index contributed by atoms with van der Waals surface area (Å²) in [6.45, 7) is 8.30. The fourth-order valence-corrected chi connectivity index (χ4v) is 3.41. The van der Waals surface area contributed by atoms with Crippen LogP contribution < -0.4 is 10.2 Å². The molecule has 1 fully saturated rings. The van der Waals surface area contributed by atoms with Gasteiger partial charge in [-0.25, -0.2) is 24.0 Å². The second-order valence-corrected chi connectivity index (χ2v) is 6.64. The molecule has 142 valence electrons. The summed E-state index contributed by atoms with van der Waals surface area (Å²) in [5.41, 5.74) is 1.03. The molecule has 9 heteroatoms. The van der Waals surface area contributed by atoms with E-state index in [2.05, 4.69) is 30.0 Å². The zero-order chi connectivity index (χ0) is 19.7. The van der Waals surface area contributed by atoms with Gasteiger partial charge in [0, 0.05) is 32.0 Å². The normalized spacial score (nSPS) is 16.2. The lowest BCUT2D eigenvalue weighted by molar-refractivity contribution is 0.208. The number of halogens is 1. The molecular weight excluding hydrogens is 361 g/mol. The molecule has 0 radical (unpaired) electrons. The van der Waals surface area contributed by atoms with Crippen molar-refractivity contribution in [2.75, 3.05) is 30.4 Å². The Hall–Kier alpha value is -3.67. The summed E-state index contributed by atoms with van der Waals surface area (Å²) >= 11 is 0. The van der Waals surface area contributed by atoms with E-state index in [-0.39, 0.29) is 17.8 Å². The van der Waals surface area contributed by atoms with E-state index in [4.69, 9.17) is 6.57 Å². The van der Waals surface area contributed by atoms with Crippen LogP contribution in [0.5, 0.6) is 0 Å². The average molecular weight is 379 g/mol. The molecule has 1 aliphatic heterocycles. The van der Waals surface area contributed by atoms with Gasteiger partial charge in [-0.1, -0.05) is 6.07 Å². The van der Waals surface area contributed by atoms with Gasteiger partial charge in [0.15, 0.2) is 0 Å². The Kier molecular flexibility index (Phi) is 4.53. The van der Waals surface area contributed by atoms with Crippen LogP contribution in [0.2, 0.25) is 0 Å². The van der Waals surface area contributed by atoms with Crippen LogP contribution in [0.15, 0.2) is 36.8 Å². The molecular formula is C19H18FN7O. The van der Waals surface area contributed by atoms with Crippen molar-refractivity contribution in [3.63, 3.8) is 0 Å². The number of aromatic nitrogens is 3. The van der Waals surface area contributed by atoms with E-state index in [9.17, 15) is 9.18 Å². The van der Waals surface area contributed by atoms with E-state index in [1.165, 1.54) is 18.5 Å².